The molecule has 0 bridgehead atoms. The number of nitrogens with zero attached hydrogens (tertiary/aromatic N) is 2. The summed E-state index contributed by atoms with van der Waals surface area (Å²) in [6.45, 7) is 5.43. The molecule has 3 rings (SSSR count). The second-order valence-corrected chi connectivity index (χ2v) is 11.0. The van der Waals surface area contributed by atoms with Crippen LogP contribution in [0, 0.1) is 5.82 Å². The van der Waals surface area contributed by atoms with E-state index < -0.39 is 40.2 Å². The van der Waals surface area contributed by atoms with Gasteiger partial charge in [-0.3, -0.25) is 13.9 Å². The fraction of sp³-hybridized carbons (Fsp3) is 0.333. The second kappa shape index (κ2) is 14.5. The van der Waals surface area contributed by atoms with Gasteiger partial charge in [0.1, 0.15) is 24.2 Å². The summed E-state index contributed by atoms with van der Waals surface area (Å²) in [4.78, 5) is 28.0. The standard InChI is InChI=1S/C30H36FN3O5S/c1-4-6-20-32-30(36)23(3)33(21-24-12-10-11-15-28(24)31)29(35)22-34(25-16-18-26(19-17-25)39-5-2)40(37,38)27-13-8-7-9-14-27/h7-19,23H,4-6,20-22H2,1-3H3,(H,32,36)/t23-/m1/s1. The van der Waals surface area contributed by atoms with E-state index in [1.54, 1.807) is 55.5 Å². The Morgan fingerprint density at radius 1 is 0.950 bits per heavy atom. The van der Waals surface area contributed by atoms with E-state index >= 15 is 0 Å². The highest BCUT2D eigenvalue weighted by Gasteiger charge is 2.32. The molecule has 0 aromatic heterocycles. The zero-order valence-corrected chi connectivity index (χ0v) is 23.9. The maximum absolute atomic E-state index is 14.6. The van der Waals surface area contributed by atoms with Gasteiger partial charge in [0.15, 0.2) is 0 Å². The molecule has 10 heteroatoms. The topological polar surface area (TPSA) is 96.0 Å². The van der Waals surface area contributed by atoms with E-state index in [1.807, 2.05) is 13.8 Å². The van der Waals surface area contributed by atoms with Gasteiger partial charge < -0.3 is 15.0 Å². The third-order valence-electron chi connectivity index (χ3n) is 6.34. The maximum atomic E-state index is 14.6. The molecule has 214 valence electrons. The lowest BCUT2D eigenvalue weighted by molar-refractivity contribution is -0.139. The lowest BCUT2D eigenvalue weighted by atomic mass is 10.1. The Kier molecular flexibility index (Phi) is 11.1. The van der Waals surface area contributed by atoms with Crippen LogP contribution < -0.4 is 14.4 Å². The summed E-state index contributed by atoms with van der Waals surface area (Å²) in [7, 11) is -4.18. The number of hydrogen-bond acceptors (Lipinski definition) is 5. The summed E-state index contributed by atoms with van der Waals surface area (Å²) >= 11 is 0. The van der Waals surface area contributed by atoms with E-state index in [-0.39, 0.29) is 22.7 Å². The van der Waals surface area contributed by atoms with Crippen LogP contribution in [-0.4, -0.2) is 50.9 Å². The molecule has 3 aromatic rings. The molecule has 0 radical (unpaired) electrons. The molecule has 0 aliphatic heterocycles. The number of nitrogens with one attached hydrogen (secondary N) is 1. The number of benzene rings is 3. The maximum Gasteiger partial charge on any atom is 0.264 e. The molecule has 1 N–H and O–H groups in total. The molecule has 40 heavy (non-hydrogen) atoms. The summed E-state index contributed by atoms with van der Waals surface area (Å²) < 4.78 is 48.6. The van der Waals surface area contributed by atoms with Crippen LogP contribution in [0.1, 0.15) is 39.2 Å². The molecule has 0 spiro atoms. The van der Waals surface area contributed by atoms with Gasteiger partial charge in [-0.1, -0.05) is 49.7 Å². The van der Waals surface area contributed by atoms with E-state index in [4.69, 9.17) is 4.74 Å². The number of halogens is 1. The molecule has 0 aliphatic rings. The summed E-state index contributed by atoms with van der Waals surface area (Å²) in [6, 6.07) is 19.1. The van der Waals surface area contributed by atoms with Crippen molar-refractivity contribution in [3.8, 4) is 5.75 Å². The van der Waals surface area contributed by atoms with Crippen LogP contribution in [0.15, 0.2) is 83.8 Å². The number of ether oxygens (including phenoxy) is 1. The number of carbonyl (C=O) groups is 2. The largest absolute Gasteiger partial charge is 0.494 e. The van der Waals surface area contributed by atoms with E-state index in [9.17, 15) is 22.4 Å². The minimum absolute atomic E-state index is 0.00250. The Bertz CT molecular complexity index is 1370. The Hall–Kier alpha value is -3.92. The van der Waals surface area contributed by atoms with E-state index in [0.717, 1.165) is 17.1 Å². The number of hydrogen-bond donors (Lipinski definition) is 1. The van der Waals surface area contributed by atoms with Crippen molar-refractivity contribution in [1.29, 1.82) is 0 Å². The van der Waals surface area contributed by atoms with E-state index in [0.29, 0.717) is 18.9 Å². The third kappa shape index (κ3) is 7.81. The fourth-order valence-corrected chi connectivity index (χ4v) is 5.49. The molecule has 0 saturated heterocycles. The molecule has 0 unspecified atom stereocenters. The molecule has 0 aliphatic carbocycles. The van der Waals surface area contributed by atoms with Gasteiger partial charge in [-0.15, -0.1) is 0 Å². The highest BCUT2D eigenvalue weighted by atomic mass is 32.2. The first-order chi connectivity index (χ1) is 19.2. The van der Waals surface area contributed by atoms with Gasteiger partial charge in [-0.05, 0) is 62.7 Å². The summed E-state index contributed by atoms with van der Waals surface area (Å²) in [5.74, 6) is -1.04. The molecule has 0 fully saturated rings. The molecule has 3 aromatic carbocycles. The van der Waals surface area contributed by atoms with Crippen LogP contribution in [0.4, 0.5) is 10.1 Å². The van der Waals surface area contributed by atoms with Crippen molar-refractivity contribution in [3.05, 3.63) is 90.2 Å². The van der Waals surface area contributed by atoms with Crippen molar-refractivity contribution in [1.82, 2.24) is 10.2 Å². The summed E-state index contributed by atoms with van der Waals surface area (Å²) in [5.41, 5.74) is 0.453. The average molecular weight is 570 g/mol. The first-order valence-electron chi connectivity index (χ1n) is 13.3. The normalized spacial score (nSPS) is 11.9. The van der Waals surface area contributed by atoms with Gasteiger partial charge in [-0.25, -0.2) is 12.8 Å². The highest BCUT2D eigenvalue weighted by molar-refractivity contribution is 7.92. The molecular weight excluding hydrogens is 533 g/mol. The summed E-state index contributed by atoms with van der Waals surface area (Å²) in [5, 5.41) is 2.81. The van der Waals surface area contributed by atoms with Gasteiger partial charge in [0.2, 0.25) is 11.8 Å². The SMILES string of the molecule is CCCCNC(=O)[C@@H](C)N(Cc1ccccc1F)C(=O)CN(c1ccc(OCC)cc1)S(=O)(=O)c1ccccc1. The van der Waals surface area contributed by atoms with Crippen LogP contribution >= 0.6 is 0 Å². The third-order valence-corrected chi connectivity index (χ3v) is 8.13. The number of rotatable bonds is 14. The molecule has 0 saturated carbocycles. The first kappa shape index (κ1) is 30.6. The number of unbranched alkanes of at least 4 members (excludes halogenated alkanes) is 1. The Balaban J connectivity index is 2.00. The Labute approximate surface area is 235 Å². The van der Waals surface area contributed by atoms with Gasteiger partial charge >= 0.3 is 0 Å². The number of carbonyl (C=O) groups excluding carboxylic acids is 2. The van der Waals surface area contributed by atoms with Gasteiger partial charge in [0.25, 0.3) is 10.0 Å². The quantitative estimate of drug-likeness (QED) is 0.283. The highest BCUT2D eigenvalue weighted by Crippen LogP contribution is 2.26. The van der Waals surface area contributed by atoms with E-state index in [1.165, 1.54) is 35.2 Å². The Morgan fingerprint density at radius 3 is 2.23 bits per heavy atom. The smallest absolute Gasteiger partial charge is 0.264 e. The molecular formula is C30H36FN3O5S. The zero-order valence-electron chi connectivity index (χ0n) is 23.0. The fourth-order valence-electron chi connectivity index (χ4n) is 4.05. The van der Waals surface area contributed by atoms with Crippen LogP contribution in [-0.2, 0) is 26.2 Å². The minimum atomic E-state index is -4.18. The zero-order chi connectivity index (χ0) is 29.1. The predicted molar refractivity (Wildman–Crippen MR) is 153 cm³/mol. The van der Waals surface area contributed by atoms with E-state index in [2.05, 4.69) is 5.32 Å². The molecule has 8 nitrogen and oxygen atoms in total. The predicted octanol–water partition coefficient (Wildman–Crippen LogP) is 4.75. The summed E-state index contributed by atoms with van der Waals surface area (Å²) in [6.07, 6.45) is 1.64. The molecule has 1 atom stereocenters. The van der Waals surface area contributed by atoms with Crippen molar-refractivity contribution < 1.29 is 27.1 Å². The lowest BCUT2D eigenvalue weighted by Gasteiger charge is -2.32. The van der Waals surface area contributed by atoms with Gasteiger partial charge in [0.05, 0.1) is 17.2 Å². The van der Waals surface area contributed by atoms with Gasteiger partial charge in [-0.2, -0.15) is 0 Å². The van der Waals surface area contributed by atoms with Gasteiger partial charge in [0, 0.05) is 18.7 Å². The molecule has 2 amide bonds. The van der Waals surface area contributed by atoms with Crippen molar-refractivity contribution >= 4 is 27.5 Å². The number of anilines is 1. The van der Waals surface area contributed by atoms with Crippen LogP contribution in [0.5, 0.6) is 5.75 Å². The van der Waals surface area contributed by atoms with Crippen LogP contribution in [0.3, 0.4) is 0 Å². The first-order valence-corrected chi connectivity index (χ1v) is 14.7. The van der Waals surface area contributed by atoms with Crippen molar-refractivity contribution in [2.45, 2.75) is 51.1 Å². The van der Waals surface area contributed by atoms with Crippen molar-refractivity contribution in [2.24, 2.45) is 0 Å². The molecule has 0 heterocycles. The number of sulfonamides is 1. The average Bonchev–Trinajstić information content (AvgIpc) is 2.96. The number of amides is 2. The van der Waals surface area contributed by atoms with Crippen LogP contribution in [0.25, 0.3) is 0 Å². The second-order valence-electron chi connectivity index (χ2n) is 9.19. The van der Waals surface area contributed by atoms with Crippen molar-refractivity contribution in [2.75, 3.05) is 24.0 Å². The monoisotopic (exact) mass is 569 g/mol. The Morgan fingerprint density at radius 2 is 1.60 bits per heavy atom. The minimum Gasteiger partial charge on any atom is -0.494 e. The van der Waals surface area contributed by atoms with Crippen molar-refractivity contribution in [3.63, 3.8) is 0 Å². The lowest BCUT2D eigenvalue weighted by Crippen LogP contribution is -2.51. The van der Waals surface area contributed by atoms with Crippen LogP contribution in [0.2, 0.25) is 0 Å².